The minimum atomic E-state index is -0.528. The largest absolute Gasteiger partial charge is 0.464 e. The number of hydrogen-bond acceptors (Lipinski definition) is 3. The van der Waals surface area contributed by atoms with Crippen LogP contribution in [0.5, 0.6) is 0 Å². The van der Waals surface area contributed by atoms with Gasteiger partial charge in [-0.15, -0.1) is 0 Å². The summed E-state index contributed by atoms with van der Waals surface area (Å²) in [6.45, 7) is 2.16. The first-order chi connectivity index (χ1) is 10.1. The van der Waals surface area contributed by atoms with E-state index in [9.17, 15) is 4.79 Å². The van der Waals surface area contributed by atoms with E-state index in [4.69, 9.17) is 4.74 Å². The summed E-state index contributed by atoms with van der Waals surface area (Å²) < 4.78 is 7.12. The van der Waals surface area contributed by atoms with Crippen molar-refractivity contribution in [3.8, 4) is 0 Å². The molecule has 3 nitrogen and oxygen atoms in total. The van der Waals surface area contributed by atoms with Gasteiger partial charge in [-0.25, -0.2) is 4.79 Å². The molecule has 21 heavy (non-hydrogen) atoms. The zero-order chi connectivity index (χ0) is 15.2. The number of ether oxygens (including phenoxy) is 1. The van der Waals surface area contributed by atoms with Gasteiger partial charge in [0, 0.05) is 14.6 Å². The highest BCUT2D eigenvalue weighted by atomic mass is 79.9. The van der Waals surface area contributed by atoms with E-state index in [1.165, 1.54) is 0 Å². The quantitative estimate of drug-likeness (QED) is 0.707. The molecule has 0 saturated carbocycles. The topological polar surface area (TPSA) is 38.3 Å². The molecule has 2 aromatic rings. The van der Waals surface area contributed by atoms with Crippen LogP contribution in [-0.2, 0) is 9.53 Å². The summed E-state index contributed by atoms with van der Waals surface area (Å²) in [5.41, 5.74) is 1.72. The van der Waals surface area contributed by atoms with Gasteiger partial charge in [0.1, 0.15) is 0 Å². The Morgan fingerprint density at radius 3 is 2.10 bits per heavy atom. The predicted molar refractivity (Wildman–Crippen MR) is 91.3 cm³/mol. The summed E-state index contributed by atoms with van der Waals surface area (Å²) in [5, 5.41) is 3.22. The molecular formula is C16H15Br2NO2. The zero-order valence-corrected chi connectivity index (χ0v) is 14.6. The lowest BCUT2D eigenvalue weighted by Gasteiger charge is -2.19. The Bertz CT molecular complexity index is 597. The average Bonchev–Trinajstić information content (AvgIpc) is 2.48. The number of rotatable bonds is 5. The lowest BCUT2D eigenvalue weighted by atomic mass is 10.1. The molecule has 1 unspecified atom stereocenters. The smallest absolute Gasteiger partial charge is 0.333 e. The minimum Gasteiger partial charge on any atom is -0.464 e. The number of esters is 1. The van der Waals surface area contributed by atoms with Crippen LogP contribution in [0, 0.1) is 0 Å². The van der Waals surface area contributed by atoms with Crippen molar-refractivity contribution in [2.45, 2.75) is 13.0 Å². The Morgan fingerprint density at radius 2 is 1.57 bits per heavy atom. The SMILES string of the molecule is CCOC(=O)C(Nc1ccc(Br)cc1)c1ccc(Br)cc1. The molecule has 0 heterocycles. The molecule has 1 N–H and O–H groups in total. The van der Waals surface area contributed by atoms with Crippen molar-refractivity contribution in [3.63, 3.8) is 0 Å². The van der Waals surface area contributed by atoms with Crippen LogP contribution in [0.1, 0.15) is 18.5 Å². The lowest BCUT2D eigenvalue weighted by Crippen LogP contribution is -2.23. The first kappa shape index (κ1) is 16.0. The third-order valence-electron chi connectivity index (χ3n) is 2.88. The van der Waals surface area contributed by atoms with Crippen molar-refractivity contribution in [2.75, 3.05) is 11.9 Å². The Kier molecular flexibility index (Phi) is 5.82. The number of carbonyl (C=O) groups is 1. The first-order valence-corrected chi connectivity index (χ1v) is 8.13. The molecule has 0 bridgehead atoms. The van der Waals surface area contributed by atoms with Gasteiger partial charge in [-0.3, -0.25) is 0 Å². The molecule has 5 heteroatoms. The molecular weight excluding hydrogens is 398 g/mol. The lowest BCUT2D eigenvalue weighted by molar-refractivity contribution is -0.144. The van der Waals surface area contributed by atoms with Crippen LogP contribution in [0.25, 0.3) is 0 Å². The van der Waals surface area contributed by atoms with Crippen LogP contribution in [0.3, 0.4) is 0 Å². The summed E-state index contributed by atoms with van der Waals surface area (Å²) in [6.07, 6.45) is 0. The molecule has 0 aromatic heterocycles. The van der Waals surface area contributed by atoms with E-state index in [2.05, 4.69) is 37.2 Å². The number of benzene rings is 2. The van der Waals surface area contributed by atoms with Crippen LogP contribution in [0.2, 0.25) is 0 Å². The second kappa shape index (κ2) is 7.61. The van der Waals surface area contributed by atoms with Gasteiger partial charge in [-0.1, -0.05) is 44.0 Å². The van der Waals surface area contributed by atoms with Crippen LogP contribution in [-0.4, -0.2) is 12.6 Å². The molecule has 0 aliphatic heterocycles. The molecule has 110 valence electrons. The van der Waals surface area contributed by atoms with Crippen LogP contribution >= 0.6 is 31.9 Å². The van der Waals surface area contributed by atoms with E-state index in [0.29, 0.717) is 6.61 Å². The monoisotopic (exact) mass is 411 g/mol. The molecule has 0 amide bonds. The molecule has 2 rings (SSSR count). The molecule has 0 aliphatic rings. The summed E-state index contributed by atoms with van der Waals surface area (Å²) in [7, 11) is 0. The van der Waals surface area contributed by atoms with Crippen LogP contribution in [0.15, 0.2) is 57.5 Å². The fourth-order valence-corrected chi connectivity index (χ4v) is 2.40. The number of anilines is 1. The predicted octanol–water partition coefficient (Wildman–Crippen LogP) is 4.93. The summed E-state index contributed by atoms with van der Waals surface area (Å²) in [5.74, 6) is -0.289. The molecule has 0 fully saturated rings. The third-order valence-corrected chi connectivity index (χ3v) is 3.94. The van der Waals surface area contributed by atoms with Gasteiger partial charge < -0.3 is 10.1 Å². The maximum atomic E-state index is 12.2. The highest BCUT2D eigenvalue weighted by Gasteiger charge is 2.21. The minimum absolute atomic E-state index is 0.289. The average molecular weight is 413 g/mol. The molecule has 0 aliphatic carbocycles. The van der Waals surface area contributed by atoms with Gasteiger partial charge in [0.15, 0.2) is 6.04 Å². The van der Waals surface area contributed by atoms with Gasteiger partial charge in [0.2, 0.25) is 0 Å². The van der Waals surface area contributed by atoms with Gasteiger partial charge >= 0.3 is 5.97 Å². The van der Waals surface area contributed by atoms with Crippen molar-refractivity contribution in [3.05, 3.63) is 63.0 Å². The third kappa shape index (κ3) is 4.58. The molecule has 0 spiro atoms. The van der Waals surface area contributed by atoms with E-state index in [-0.39, 0.29) is 5.97 Å². The van der Waals surface area contributed by atoms with E-state index >= 15 is 0 Å². The summed E-state index contributed by atoms with van der Waals surface area (Å²) in [4.78, 5) is 12.2. The number of hydrogen-bond donors (Lipinski definition) is 1. The van der Waals surface area contributed by atoms with Gasteiger partial charge in [0.25, 0.3) is 0 Å². The van der Waals surface area contributed by atoms with Crippen LogP contribution < -0.4 is 5.32 Å². The fraction of sp³-hybridized carbons (Fsp3) is 0.188. The Balaban J connectivity index is 2.25. The Labute approximate surface area is 141 Å². The standard InChI is InChI=1S/C16H15Br2NO2/c1-2-21-16(20)15(11-3-5-12(17)6-4-11)19-14-9-7-13(18)8-10-14/h3-10,15,19H,2H2,1H3. The van der Waals surface area contributed by atoms with Crippen LogP contribution in [0.4, 0.5) is 5.69 Å². The van der Waals surface area contributed by atoms with Crippen molar-refractivity contribution in [1.29, 1.82) is 0 Å². The normalized spacial score (nSPS) is 11.8. The zero-order valence-electron chi connectivity index (χ0n) is 11.5. The Hall–Kier alpha value is -1.33. The van der Waals surface area contributed by atoms with Gasteiger partial charge in [-0.05, 0) is 48.9 Å². The number of nitrogens with one attached hydrogen (secondary N) is 1. The van der Waals surface area contributed by atoms with Crippen molar-refractivity contribution >= 4 is 43.5 Å². The van der Waals surface area contributed by atoms with E-state index < -0.39 is 6.04 Å². The van der Waals surface area contributed by atoms with E-state index in [1.54, 1.807) is 6.92 Å². The second-order valence-corrected chi connectivity index (χ2v) is 6.22. The Morgan fingerprint density at radius 1 is 1.05 bits per heavy atom. The molecule has 1 atom stereocenters. The fourth-order valence-electron chi connectivity index (χ4n) is 1.87. The molecule has 0 radical (unpaired) electrons. The van der Waals surface area contributed by atoms with Crippen molar-refractivity contribution < 1.29 is 9.53 Å². The first-order valence-electron chi connectivity index (χ1n) is 6.54. The highest BCUT2D eigenvalue weighted by Crippen LogP contribution is 2.24. The highest BCUT2D eigenvalue weighted by molar-refractivity contribution is 9.10. The summed E-state index contributed by atoms with van der Waals surface area (Å²) >= 11 is 6.79. The van der Waals surface area contributed by atoms with Crippen molar-refractivity contribution in [1.82, 2.24) is 0 Å². The van der Waals surface area contributed by atoms with Gasteiger partial charge in [-0.2, -0.15) is 0 Å². The maximum Gasteiger partial charge on any atom is 0.333 e. The van der Waals surface area contributed by atoms with Gasteiger partial charge in [0.05, 0.1) is 6.61 Å². The maximum absolute atomic E-state index is 12.2. The van der Waals surface area contributed by atoms with E-state index in [1.807, 2.05) is 48.5 Å². The molecule has 2 aromatic carbocycles. The number of carbonyl (C=O) groups excluding carboxylic acids is 1. The molecule has 0 saturated heterocycles. The summed E-state index contributed by atoms with van der Waals surface area (Å²) in [6, 6.07) is 14.8. The van der Waals surface area contributed by atoms with E-state index in [0.717, 1.165) is 20.2 Å². The van der Waals surface area contributed by atoms with Crippen molar-refractivity contribution in [2.24, 2.45) is 0 Å². The second-order valence-electron chi connectivity index (χ2n) is 4.39. The number of halogens is 2.